The minimum Gasteiger partial charge on any atom is -0.481 e. The summed E-state index contributed by atoms with van der Waals surface area (Å²) < 4.78 is 0. The first-order valence-corrected chi connectivity index (χ1v) is 6.60. The number of nitrogens with zero attached hydrogens (tertiary/aromatic N) is 1. The maximum Gasteiger partial charge on any atom is 0.309 e. The van der Waals surface area contributed by atoms with Gasteiger partial charge >= 0.3 is 5.97 Å². The minimum atomic E-state index is -1.03. The molecule has 0 aliphatic heterocycles. The van der Waals surface area contributed by atoms with Crippen LogP contribution in [-0.4, -0.2) is 28.5 Å². The van der Waals surface area contributed by atoms with E-state index < -0.39 is 11.4 Å². The van der Waals surface area contributed by atoms with Gasteiger partial charge in [0, 0.05) is 30.5 Å². The van der Waals surface area contributed by atoms with Crippen LogP contribution in [0.3, 0.4) is 0 Å². The number of hydrogen-bond donors (Lipinski definition) is 2. The van der Waals surface area contributed by atoms with Gasteiger partial charge in [-0.25, -0.2) is 4.98 Å². The molecule has 0 unspecified atom stereocenters. The maximum atomic E-state index is 11.6. The molecule has 0 fully saturated rings. The normalized spacial score (nSPS) is 11.3. The molecule has 0 bridgehead atoms. The molecule has 1 amide bonds. The summed E-state index contributed by atoms with van der Waals surface area (Å²) in [4.78, 5) is 26.7. The average molecular weight is 270 g/mol. The summed E-state index contributed by atoms with van der Waals surface area (Å²) in [7, 11) is 0. The summed E-state index contributed by atoms with van der Waals surface area (Å²) >= 11 is 1.56. The van der Waals surface area contributed by atoms with E-state index in [9.17, 15) is 9.59 Å². The van der Waals surface area contributed by atoms with Gasteiger partial charge in [0.05, 0.1) is 10.4 Å². The van der Waals surface area contributed by atoms with E-state index in [-0.39, 0.29) is 12.3 Å². The molecular formula is C12H18N2O3S. The van der Waals surface area contributed by atoms with Gasteiger partial charge < -0.3 is 10.4 Å². The Morgan fingerprint density at radius 3 is 2.67 bits per heavy atom. The topological polar surface area (TPSA) is 79.3 Å². The SMILES string of the molecule is Cc1csc(CCNC(=O)CC(C)(C)C(=O)O)n1. The van der Waals surface area contributed by atoms with Crippen LogP contribution >= 0.6 is 11.3 Å². The third-order valence-corrected chi connectivity index (χ3v) is 3.54. The highest BCUT2D eigenvalue weighted by Gasteiger charge is 2.29. The third-order valence-electron chi connectivity index (χ3n) is 2.51. The first kappa shape index (κ1) is 14.6. The van der Waals surface area contributed by atoms with Crippen molar-refractivity contribution >= 4 is 23.2 Å². The summed E-state index contributed by atoms with van der Waals surface area (Å²) in [5, 5.41) is 14.6. The zero-order chi connectivity index (χ0) is 13.8. The van der Waals surface area contributed by atoms with Gasteiger partial charge in [0.15, 0.2) is 0 Å². The quantitative estimate of drug-likeness (QED) is 0.823. The molecule has 1 heterocycles. The van der Waals surface area contributed by atoms with Crippen LogP contribution in [-0.2, 0) is 16.0 Å². The van der Waals surface area contributed by atoms with E-state index in [4.69, 9.17) is 5.11 Å². The average Bonchev–Trinajstić information content (AvgIpc) is 2.63. The number of aryl methyl sites for hydroxylation is 1. The lowest BCUT2D eigenvalue weighted by Gasteiger charge is -2.17. The van der Waals surface area contributed by atoms with Gasteiger partial charge in [0.1, 0.15) is 0 Å². The molecule has 0 saturated heterocycles. The molecule has 5 nitrogen and oxygen atoms in total. The highest BCUT2D eigenvalue weighted by molar-refractivity contribution is 7.09. The summed E-state index contributed by atoms with van der Waals surface area (Å²) in [6.07, 6.45) is 0.664. The summed E-state index contributed by atoms with van der Waals surface area (Å²) in [5.74, 6) is -1.20. The van der Waals surface area contributed by atoms with Crippen molar-refractivity contribution in [3.8, 4) is 0 Å². The molecular weight excluding hydrogens is 252 g/mol. The number of rotatable bonds is 6. The Bertz CT molecular complexity index is 440. The number of aliphatic carboxylic acids is 1. The predicted octanol–water partition coefficient (Wildman–Crippen LogP) is 1.61. The molecule has 100 valence electrons. The van der Waals surface area contributed by atoms with Crippen LogP contribution in [0.2, 0.25) is 0 Å². The zero-order valence-corrected chi connectivity index (χ0v) is 11.6. The number of thiazole rings is 1. The van der Waals surface area contributed by atoms with Gasteiger partial charge in [0.25, 0.3) is 0 Å². The van der Waals surface area contributed by atoms with Gasteiger partial charge in [-0.15, -0.1) is 11.3 Å². The molecule has 18 heavy (non-hydrogen) atoms. The standard InChI is InChI=1S/C12H18N2O3S/c1-8-7-18-10(14-8)4-5-13-9(15)6-12(2,3)11(16)17/h7H,4-6H2,1-3H3,(H,13,15)(H,16,17). The van der Waals surface area contributed by atoms with Gasteiger partial charge in [-0.1, -0.05) is 0 Å². The monoisotopic (exact) mass is 270 g/mol. The van der Waals surface area contributed by atoms with Gasteiger partial charge in [-0.3, -0.25) is 9.59 Å². The molecule has 6 heteroatoms. The van der Waals surface area contributed by atoms with E-state index in [1.165, 1.54) is 0 Å². The minimum absolute atomic E-state index is 0.0147. The Labute approximate surface area is 110 Å². The van der Waals surface area contributed by atoms with Crippen LogP contribution in [0.25, 0.3) is 0 Å². The first-order valence-electron chi connectivity index (χ1n) is 5.72. The number of nitrogens with one attached hydrogen (secondary N) is 1. The number of hydrogen-bond acceptors (Lipinski definition) is 4. The fourth-order valence-corrected chi connectivity index (χ4v) is 2.14. The van der Waals surface area contributed by atoms with Crippen LogP contribution in [0, 0.1) is 12.3 Å². The molecule has 0 aliphatic rings. The number of carboxylic acid groups (broad SMARTS) is 1. The van der Waals surface area contributed by atoms with E-state index >= 15 is 0 Å². The second kappa shape index (κ2) is 5.95. The number of carbonyl (C=O) groups is 2. The second-order valence-electron chi connectivity index (χ2n) is 4.85. The number of carboxylic acids is 1. The van der Waals surface area contributed by atoms with E-state index in [2.05, 4.69) is 10.3 Å². The molecule has 0 spiro atoms. The molecule has 0 aromatic carbocycles. The van der Waals surface area contributed by atoms with Crippen LogP contribution < -0.4 is 5.32 Å². The predicted molar refractivity (Wildman–Crippen MR) is 69.6 cm³/mol. The van der Waals surface area contributed by atoms with Gasteiger partial charge in [-0.05, 0) is 20.8 Å². The second-order valence-corrected chi connectivity index (χ2v) is 5.79. The lowest BCUT2D eigenvalue weighted by molar-refractivity contribution is -0.149. The van der Waals surface area contributed by atoms with Gasteiger partial charge in [0.2, 0.25) is 5.91 Å². The van der Waals surface area contributed by atoms with Crippen molar-refractivity contribution in [3.05, 3.63) is 16.1 Å². The largest absolute Gasteiger partial charge is 0.481 e. The smallest absolute Gasteiger partial charge is 0.309 e. The van der Waals surface area contributed by atoms with Crippen LogP contribution in [0.1, 0.15) is 31.0 Å². The lowest BCUT2D eigenvalue weighted by Crippen LogP contribution is -2.34. The summed E-state index contributed by atoms with van der Waals surface area (Å²) in [6, 6.07) is 0. The van der Waals surface area contributed by atoms with E-state index in [0.717, 1.165) is 10.7 Å². The molecule has 2 N–H and O–H groups in total. The van der Waals surface area contributed by atoms with Crippen molar-refractivity contribution in [1.82, 2.24) is 10.3 Å². The van der Waals surface area contributed by atoms with Crippen molar-refractivity contribution in [3.63, 3.8) is 0 Å². The number of aromatic nitrogens is 1. The lowest BCUT2D eigenvalue weighted by atomic mass is 9.89. The summed E-state index contributed by atoms with van der Waals surface area (Å²) in [5.41, 5.74) is -0.0460. The third kappa shape index (κ3) is 4.44. The summed E-state index contributed by atoms with van der Waals surface area (Å²) in [6.45, 7) is 5.49. The molecule has 1 aromatic rings. The van der Waals surface area contributed by atoms with Crippen LogP contribution in [0.15, 0.2) is 5.38 Å². The highest BCUT2D eigenvalue weighted by atomic mass is 32.1. The first-order chi connectivity index (χ1) is 8.31. The van der Waals surface area contributed by atoms with Crippen LogP contribution in [0.5, 0.6) is 0 Å². The van der Waals surface area contributed by atoms with Crippen molar-refractivity contribution in [1.29, 1.82) is 0 Å². The Morgan fingerprint density at radius 1 is 1.50 bits per heavy atom. The van der Waals surface area contributed by atoms with Crippen LogP contribution in [0.4, 0.5) is 0 Å². The van der Waals surface area contributed by atoms with Crippen molar-refractivity contribution in [2.75, 3.05) is 6.54 Å². The molecule has 1 aromatic heterocycles. The Kier molecular flexibility index (Phi) is 4.84. The molecule has 0 aliphatic carbocycles. The zero-order valence-electron chi connectivity index (χ0n) is 10.8. The fourth-order valence-electron chi connectivity index (χ4n) is 1.37. The fraction of sp³-hybridized carbons (Fsp3) is 0.583. The van der Waals surface area contributed by atoms with Crippen molar-refractivity contribution in [2.24, 2.45) is 5.41 Å². The molecule has 1 rings (SSSR count). The van der Waals surface area contributed by atoms with E-state index in [1.54, 1.807) is 25.2 Å². The van der Waals surface area contributed by atoms with E-state index in [0.29, 0.717) is 13.0 Å². The van der Waals surface area contributed by atoms with Gasteiger partial charge in [-0.2, -0.15) is 0 Å². The van der Waals surface area contributed by atoms with Crippen molar-refractivity contribution < 1.29 is 14.7 Å². The molecule has 0 saturated carbocycles. The Balaban J connectivity index is 2.32. The Morgan fingerprint density at radius 2 is 2.17 bits per heavy atom. The maximum absolute atomic E-state index is 11.6. The molecule has 0 radical (unpaired) electrons. The number of carbonyl (C=O) groups excluding carboxylic acids is 1. The Hall–Kier alpha value is -1.43. The number of amides is 1. The molecule has 0 atom stereocenters. The van der Waals surface area contributed by atoms with E-state index in [1.807, 2.05) is 12.3 Å². The van der Waals surface area contributed by atoms with Crippen molar-refractivity contribution in [2.45, 2.75) is 33.6 Å². The highest BCUT2D eigenvalue weighted by Crippen LogP contribution is 2.19.